The summed E-state index contributed by atoms with van der Waals surface area (Å²) in [5.41, 5.74) is 2.30. The molecule has 2 N–H and O–H groups in total. The van der Waals surface area contributed by atoms with E-state index in [1.165, 1.54) is 23.1 Å². The lowest BCUT2D eigenvalue weighted by atomic mass is 9.99. The van der Waals surface area contributed by atoms with Crippen LogP contribution in [0.3, 0.4) is 0 Å². The van der Waals surface area contributed by atoms with E-state index >= 15 is 0 Å². The van der Waals surface area contributed by atoms with Crippen molar-refractivity contribution >= 4 is 45.6 Å². The van der Waals surface area contributed by atoms with Crippen LogP contribution in [-0.2, 0) is 4.79 Å². The van der Waals surface area contributed by atoms with Crippen molar-refractivity contribution in [1.82, 2.24) is 10.2 Å². The van der Waals surface area contributed by atoms with Gasteiger partial charge in [-0.05, 0) is 37.6 Å². The van der Waals surface area contributed by atoms with Crippen molar-refractivity contribution in [2.24, 2.45) is 0 Å². The van der Waals surface area contributed by atoms with E-state index in [0.717, 1.165) is 27.3 Å². The molecule has 1 aromatic heterocycles. The Bertz CT molecular complexity index is 760. The first-order valence-electron chi connectivity index (χ1n) is 7.26. The van der Waals surface area contributed by atoms with E-state index in [0.29, 0.717) is 11.3 Å². The van der Waals surface area contributed by atoms with Crippen LogP contribution in [-0.4, -0.2) is 34.2 Å². The zero-order chi connectivity index (χ0) is 16.4. The number of ketones is 1. The van der Waals surface area contributed by atoms with Crippen LogP contribution in [0.4, 0.5) is 10.8 Å². The molecule has 1 aliphatic heterocycles. The normalized spacial score (nSPS) is 16.1. The summed E-state index contributed by atoms with van der Waals surface area (Å²) >= 11 is 2.82. The smallest absolute Gasteiger partial charge is 0.231 e. The molecule has 1 aromatic carbocycles. The second-order valence-corrected chi connectivity index (χ2v) is 7.33. The number of nitrogens with zero attached hydrogens (tertiary/aromatic N) is 2. The average Bonchev–Trinajstić information content (AvgIpc) is 3.10. The van der Waals surface area contributed by atoms with E-state index in [2.05, 4.69) is 20.8 Å². The van der Waals surface area contributed by atoms with Crippen LogP contribution in [0.1, 0.15) is 35.7 Å². The highest BCUT2D eigenvalue weighted by molar-refractivity contribution is 8.01. The van der Waals surface area contributed by atoms with Crippen molar-refractivity contribution in [3.8, 4) is 0 Å². The Morgan fingerprint density at radius 1 is 1.43 bits per heavy atom. The number of thioether (sulfide) groups is 1. The molecule has 6 nitrogen and oxygen atoms in total. The van der Waals surface area contributed by atoms with E-state index in [-0.39, 0.29) is 17.6 Å². The third-order valence-corrected chi connectivity index (χ3v) is 5.57. The first-order valence-corrected chi connectivity index (χ1v) is 9.07. The number of amides is 1. The van der Waals surface area contributed by atoms with Crippen molar-refractivity contribution in [3.63, 3.8) is 0 Å². The second kappa shape index (κ2) is 6.67. The molecule has 0 saturated heterocycles. The molecule has 0 aliphatic carbocycles. The maximum absolute atomic E-state index is 12.4. The predicted molar refractivity (Wildman–Crippen MR) is 92.6 cm³/mol. The molecule has 0 spiro atoms. The number of carbonyl (C=O) groups excluding carboxylic acids is 2. The van der Waals surface area contributed by atoms with E-state index in [1.54, 1.807) is 12.1 Å². The molecule has 8 heteroatoms. The minimum atomic E-state index is -0.212. The van der Waals surface area contributed by atoms with E-state index < -0.39 is 0 Å². The summed E-state index contributed by atoms with van der Waals surface area (Å²) in [6.45, 7) is 4.62. The molecule has 23 heavy (non-hydrogen) atoms. The first-order chi connectivity index (χ1) is 11.1. The van der Waals surface area contributed by atoms with Gasteiger partial charge < -0.3 is 10.6 Å². The number of hydrogen-bond donors (Lipinski definition) is 2. The lowest BCUT2D eigenvalue weighted by Gasteiger charge is -2.04. The van der Waals surface area contributed by atoms with Gasteiger partial charge in [0.25, 0.3) is 0 Å². The van der Waals surface area contributed by atoms with Gasteiger partial charge in [0.2, 0.25) is 11.0 Å². The highest BCUT2D eigenvalue weighted by Gasteiger charge is 2.27. The second-order valence-electron chi connectivity index (χ2n) is 5.13. The molecule has 0 bridgehead atoms. The van der Waals surface area contributed by atoms with Crippen LogP contribution in [0.2, 0.25) is 0 Å². The lowest BCUT2D eigenvalue weighted by molar-refractivity contribution is -0.116. The molecular formula is C15H16N4O2S2. The number of hydrogen-bond acceptors (Lipinski definition) is 7. The predicted octanol–water partition coefficient (Wildman–Crippen LogP) is 3.00. The zero-order valence-electron chi connectivity index (χ0n) is 12.8. The van der Waals surface area contributed by atoms with Gasteiger partial charge in [0.05, 0.1) is 11.7 Å². The summed E-state index contributed by atoms with van der Waals surface area (Å²) < 4.78 is 0.765. The number of anilines is 2. The Balaban J connectivity index is 1.66. The van der Waals surface area contributed by atoms with Gasteiger partial charge in [0.15, 0.2) is 10.1 Å². The fraction of sp³-hybridized carbons (Fsp3) is 0.333. The first kappa shape index (κ1) is 15.9. The molecule has 2 aromatic rings. The van der Waals surface area contributed by atoms with Gasteiger partial charge in [0, 0.05) is 17.8 Å². The number of rotatable bonds is 6. The van der Waals surface area contributed by atoms with Gasteiger partial charge in [0.1, 0.15) is 0 Å². The Morgan fingerprint density at radius 2 is 2.26 bits per heavy atom. The maximum Gasteiger partial charge on any atom is 0.231 e. The highest BCUT2D eigenvalue weighted by atomic mass is 32.2. The van der Waals surface area contributed by atoms with Crippen molar-refractivity contribution < 1.29 is 9.59 Å². The number of benzene rings is 1. The van der Waals surface area contributed by atoms with Gasteiger partial charge in [-0.15, -0.1) is 10.2 Å². The summed E-state index contributed by atoms with van der Waals surface area (Å²) in [7, 11) is 0. The van der Waals surface area contributed by atoms with E-state index in [9.17, 15) is 9.59 Å². The van der Waals surface area contributed by atoms with Crippen molar-refractivity contribution in [2.45, 2.75) is 24.1 Å². The third kappa shape index (κ3) is 3.37. The van der Waals surface area contributed by atoms with Crippen LogP contribution >= 0.6 is 23.1 Å². The van der Waals surface area contributed by atoms with E-state index in [4.69, 9.17) is 0 Å². The highest BCUT2D eigenvalue weighted by Crippen LogP contribution is 2.33. The molecule has 0 radical (unpaired) electrons. The zero-order valence-corrected chi connectivity index (χ0v) is 14.4. The molecule has 1 aliphatic rings. The van der Waals surface area contributed by atoms with Crippen LogP contribution in [0.15, 0.2) is 22.5 Å². The van der Waals surface area contributed by atoms with Crippen molar-refractivity contribution in [2.75, 3.05) is 22.9 Å². The Labute approximate surface area is 142 Å². The summed E-state index contributed by atoms with van der Waals surface area (Å²) in [6, 6.07) is 5.36. The fourth-order valence-corrected chi connectivity index (χ4v) is 4.01. The lowest BCUT2D eigenvalue weighted by Crippen LogP contribution is -2.08. The van der Waals surface area contributed by atoms with Gasteiger partial charge in [-0.25, -0.2) is 0 Å². The van der Waals surface area contributed by atoms with Crippen LogP contribution in [0.25, 0.3) is 0 Å². The summed E-state index contributed by atoms with van der Waals surface area (Å²) in [4.78, 5) is 24.0. The topological polar surface area (TPSA) is 84.0 Å². The number of aromatic nitrogens is 2. The third-order valence-electron chi connectivity index (χ3n) is 3.55. The van der Waals surface area contributed by atoms with Crippen LogP contribution in [0.5, 0.6) is 0 Å². The SMILES string of the molecule is CCNc1nnc(SCC(=O)c2ccc3c(c2)[C@@H](C)C(=O)N3)s1. The molecular weight excluding hydrogens is 332 g/mol. The van der Waals surface area contributed by atoms with Crippen molar-refractivity contribution in [3.05, 3.63) is 29.3 Å². The largest absolute Gasteiger partial charge is 0.360 e. The minimum absolute atomic E-state index is 0.0181. The molecule has 3 rings (SSSR count). The number of nitrogens with one attached hydrogen (secondary N) is 2. The number of Topliss-reactive ketones (excluding diaryl/α,β-unsaturated/α-hetero) is 1. The quantitative estimate of drug-likeness (QED) is 0.617. The van der Waals surface area contributed by atoms with E-state index in [1.807, 2.05) is 19.9 Å². The van der Waals surface area contributed by atoms with Crippen LogP contribution in [0, 0.1) is 0 Å². The molecule has 120 valence electrons. The molecule has 0 unspecified atom stereocenters. The average molecular weight is 348 g/mol. The summed E-state index contributed by atoms with van der Waals surface area (Å²) in [5.74, 6) is 0.0829. The monoisotopic (exact) mass is 348 g/mol. The molecule has 1 atom stereocenters. The van der Waals surface area contributed by atoms with Crippen LogP contribution < -0.4 is 10.6 Å². The summed E-state index contributed by atoms with van der Waals surface area (Å²) in [6.07, 6.45) is 0. The Hall–Kier alpha value is -1.93. The standard InChI is InChI=1S/C15H16N4O2S2/c1-3-16-14-18-19-15(23-14)22-7-12(20)9-4-5-11-10(6-9)8(2)13(21)17-11/h4-6,8H,3,7H2,1-2H3,(H,16,18)(H,17,21)/t8-/m1/s1. The van der Waals surface area contributed by atoms with Crippen molar-refractivity contribution in [1.29, 1.82) is 0 Å². The van der Waals surface area contributed by atoms with Gasteiger partial charge in [-0.2, -0.15) is 0 Å². The molecule has 0 saturated carbocycles. The fourth-order valence-electron chi connectivity index (χ4n) is 2.29. The Morgan fingerprint density at radius 3 is 3.04 bits per heavy atom. The van der Waals surface area contributed by atoms with Gasteiger partial charge in [-0.1, -0.05) is 23.1 Å². The molecule has 2 heterocycles. The van der Waals surface area contributed by atoms with Gasteiger partial charge >= 0.3 is 0 Å². The number of carbonyl (C=O) groups is 2. The summed E-state index contributed by atoms with van der Waals surface area (Å²) in [5, 5.41) is 14.7. The number of fused-ring (bicyclic) bond motifs is 1. The van der Waals surface area contributed by atoms with Gasteiger partial charge in [-0.3, -0.25) is 9.59 Å². The maximum atomic E-state index is 12.4. The Kier molecular flexibility index (Phi) is 4.63. The molecule has 0 fully saturated rings. The molecule has 1 amide bonds. The minimum Gasteiger partial charge on any atom is -0.360 e.